The molecule has 8 heavy (non-hydrogen) atoms. The zero-order valence-electron chi connectivity index (χ0n) is 4.72. The molecule has 1 saturated heterocycles. The van der Waals surface area contributed by atoms with E-state index in [4.69, 9.17) is 5.11 Å². The van der Waals surface area contributed by atoms with Crippen molar-refractivity contribution in [3.8, 4) is 0 Å². The molecular formula is C5H9FO2. The molecule has 1 aliphatic rings. The van der Waals surface area contributed by atoms with E-state index in [0.29, 0.717) is 0 Å². The van der Waals surface area contributed by atoms with Crippen molar-refractivity contribution >= 4 is 0 Å². The van der Waals surface area contributed by atoms with Crippen molar-refractivity contribution in [3.05, 3.63) is 0 Å². The first-order chi connectivity index (χ1) is 3.63. The van der Waals surface area contributed by atoms with E-state index < -0.39 is 11.8 Å². The van der Waals surface area contributed by atoms with Crippen LogP contribution < -0.4 is 0 Å². The van der Waals surface area contributed by atoms with Gasteiger partial charge in [-0.25, -0.2) is 4.39 Å². The van der Waals surface area contributed by atoms with Gasteiger partial charge in [-0.05, 0) is 6.92 Å². The van der Waals surface area contributed by atoms with Gasteiger partial charge < -0.3 is 9.84 Å². The molecule has 0 aliphatic carbocycles. The minimum absolute atomic E-state index is 0.0220. The summed E-state index contributed by atoms with van der Waals surface area (Å²) < 4.78 is 17.3. The van der Waals surface area contributed by atoms with Crippen LogP contribution in [0.5, 0.6) is 0 Å². The number of hydrogen-bond donors (Lipinski definition) is 1. The molecule has 0 aromatic rings. The smallest absolute Gasteiger partial charge is 0.159 e. The first-order valence-corrected chi connectivity index (χ1v) is 2.58. The van der Waals surface area contributed by atoms with Crippen molar-refractivity contribution in [2.75, 3.05) is 13.2 Å². The Hall–Kier alpha value is -0.150. The number of rotatable bonds is 0. The van der Waals surface area contributed by atoms with Gasteiger partial charge in [0.05, 0.1) is 13.2 Å². The molecule has 0 bridgehead atoms. The standard InChI is InChI=1S/C5H9FO2/c1-5(6)3-8-2-4(5)7/h4,7H,2-3H2,1H3/t4-,5+/m1/s1. The molecular weight excluding hydrogens is 111 g/mol. The number of ether oxygens (including phenoxy) is 1. The summed E-state index contributed by atoms with van der Waals surface area (Å²) in [6, 6.07) is 0. The Morgan fingerprint density at radius 1 is 1.88 bits per heavy atom. The van der Waals surface area contributed by atoms with E-state index >= 15 is 0 Å². The van der Waals surface area contributed by atoms with Crippen molar-refractivity contribution in [2.24, 2.45) is 0 Å². The van der Waals surface area contributed by atoms with Crippen LogP contribution >= 0.6 is 0 Å². The average molecular weight is 120 g/mol. The lowest BCUT2D eigenvalue weighted by molar-refractivity contribution is 0.0458. The molecule has 48 valence electrons. The number of alkyl halides is 1. The van der Waals surface area contributed by atoms with Gasteiger partial charge in [-0.1, -0.05) is 0 Å². The summed E-state index contributed by atoms with van der Waals surface area (Å²) in [4.78, 5) is 0. The highest BCUT2D eigenvalue weighted by Crippen LogP contribution is 2.22. The van der Waals surface area contributed by atoms with Gasteiger partial charge >= 0.3 is 0 Å². The summed E-state index contributed by atoms with van der Waals surface area (Å²) in [6.07, 6.45) is -0.928. The normalized spacial score (nSPS) is 47.6. The molecule has 2 nitrogen and oxygen atoms in total. The van der Waals surface area contributed by atoms with Gasteiger partial charge in [0.1, 0.15) is 6.10 Å². The third-order valence-electron chi connectivity index (χ3n) is 1.35. The summed E-state index contributed by atoms with van der Waals surface area (Å²) in [5.41, 5.74) is -1.51. The van der Waals surface area contributed by atoms with Crippen molar-refractivity contribution in [2.45, 2.75) is 18.7 Å². The van der Waals surface area contributed by atoms with Crippen LogP contribution in [0.3, 0.4) is 0 Å². The molecule has 0 aromatic carbocycles. The Labute approximate surface area is 47.3 Å². The number of aliphatic hydroxyl groups excluding tert-OH is 1. The minimum Gasteiger partial charge on any atom is -0.387 e. The molecule has 3 heteroatoms. The highest BCUT2D eigenvalue weighted by molar-refractivity contribution is 4.86. The van der Waals surface area contributed by atoms with Crippen molar-refractivity contribution in [3.63, 3.8) is 0 Å². The van der Waals surface area contributed by atoms with Gasteiger partial charge in [0.2, 0.25) is 0 Å². The van der Waals surface area contributed by atoms with Crippen LogP contribution in [-0.2, 0) is 4.74 Å². The minimum atomic E-state index is -1.51. The number of aliphatic hydroxyl groups is 1. The maximum Gasteiger partial charge on any atom is 0.159 e. The van der Waals surface area contributed by atoms with Crippen molar-refractivity contribution < 1.29 is 14.2 Å². The predicted molar refractivity (Wildman–Crippen MR) is 26.3 cm³/mol. The molecule has 1 aliphatic heterocycles. The van der Waals surface area contributed by atoms with Gasteiger partial charge in [0, 0.05) is 0 Å². The van der Waals surface area contributed by atoms with E-state index in [2.05, 4.69) is 4.74 Å². The van der Waals surface area contributed by atoms with Gasteiger partial charge in [0.15, 0.2) is 5.67 Å². The topological polar surface area (TPSA) is 29.5 Å². The molecule has 2 atom stereocenters. The molecule has 0 amide bonds. The molecule has 0 radical (unpaired) electrons. The van der Waals surface area contributed by atoms with Crippen LogP contribution in [0.2, 0.25) is 0 Å². The monoisotopic (exact) mass is 120 g/mol. The first kappa shape index (κ1) is 5.98. The fourth-order valence-corrected chi connectivity index (χ4v) is 0.640. The maximum absolute atomic E-state index is 12.6. The number of hydrogen-bond acceptors (Lipinski definition) is 2. The molecule has 1 fully saturated rings. The second-order valence-electron chi connectivity index (χ2n) is 2.31. The summed E-state index contributed by atoms with van der Waals surface area (Å²) >= 11 is 0. The van der Waals surface area contributed by atoms with E-state index in [0.717, 1.165) is 0 Å². The van der Waals surface area contributed by atoms with Crippen LogP contribution in [0.4, 0.5) is 4.39 Å². The van der Waals surface area contributed by atoms with E-state index in [1.54, 1.807) is 0 Å². The highest BCUT2D eigenvalue weighted by atomic mass is 19.1. The average Bonchev–Trinajstić information content (AvgIpc) is 1.86. The fraction of sp³-hybridized carbons (Fsp3) is 1.00. The second kappa shape index (κ2) is 1.67. The largest absolute Gasteiger partial charge is 0.387 e. The van der Waals surface area contributed by atoms with Crippen molar-refractivity contribution in [1.29, 1.82) is 0 Å². The Bertz CT molecular complexity index is 92.4. The zero-order chi connectivity index (χ0) is 6.20. The predicted octanol–water partition coefficient (Wildman–Crippen LogP) is 0.106. The Morgan fingerprint density at radius 2 is 2.50 bits per heavy atom. The van der Waals surface area contributed by atoms with Gasteiger partial charge in [-0.2, -0.15) is 0 Å². The van der Waals surface area contributed by atoms with Crippen LogP contribution in [0.15, 0.2) is 0 Å². The molecule has 0 spiro atoms. The van der Waals surface area contributed by atoms with Crippen LogP contribution in [0.1, 0.15) is 6.92 Å². The Morgan fingerprint density at radius 3 is 2.62 bits per heavy atom. The summed E-state index contributed by atoms with van der Waals surface area (Å²) in [7, 11) is 0. The molecule has 0 unspecified atom stereocenters. The lowest BCUT2D eigenvalue weighted by Crippen LogP contribution is -2.32. The second-order valence-corrected chi connectivity index (χ2v) is 2.31. The third kappa shape index (κ3) is 0.833. The molecule has 1 rings (SSSR count). The molecule has 0 saturated carbocycles. The van der Waals surface area contributed by atoms with E-state index in [1.165, 1.54) is 6.92 Å². The van der Waals surface area contributed by atoms with E-state index in [9.17, 15) is 4.39 Å². The summed E-state index contributed by atoms with van der Waals surface area (Å²) in [5, 5.41) is 8.76. The van der Waals surface area contributed by atoms with Crippen LogP contribution in [0.25, 0.3) is 0 Å². The van der Waals surface area contributed by atoms with Crippen LogP contribution in [0, 0.1) is 0 Å². The fourth-order valence-electron chi connectivity index (χ4n) is 0.640. The maximum atomic E-state index is 12.6. The SMILES string of the molecule is C[C@]1(F)COC[C@H]1O. The van der Waals surface area contributed by atoms with Crippen molar-refractivity contribution in [1.82, 2.24) is 0 Å². The van der Waals surface area contributed by atoms with Gasteiger partial charge in [0.25, 0.3) is 0 Å². The molecule has 1 N–H and O–H groups in total. The van der Waals surface area contributed by atoms with Crippen LogP contribution in [-0.4, -0.2) is 30.1 Å². The highest BCUT2D eigenvalue weighted by Gasteiger charge is 2.38. The quantitative estimate of drug-likeness (QED) is 0.491. The van der Waals surface area contributed by atoms with Gasteiger partial charge in [-0.3, -0.25) is 0 Å². The molecule has 0 aromatic heterocycles. The van der Waals surface area contributed by atoms with E-state index in [1.807, 2.05) is 0 Å². The Balaban J connectivity index is 2.54. The first-order valence-electron chi connectivity index (χ1n) is 2.58. The zero-order valence-corrected chi connectivity index (χ0v) is 4.72. The van der Waals surface area contributed by atoms with Gasteiger partial charge in [-0.15, -0.1) is 0 Å². The summed E-state index contributed by atoms with van der Waals surface area (Å²) in [6.45, 7) is 1.49. The number of halogens is 1. The Kier molecular flexibility index (Phi) is 1.25. The lowest BCUT2D eigenvalue weighted by Gasteiger charge is -2.13. The third-order valence-corrected chi connectivity index (χ3v) is 1.35. The lowest BCUT2D eigenvalue weighted by atomic mass is 10.1. The summed E-state index contributed by atoms with van der Waals surface area (Å²) in [5.74, 6) is 0. The molecule has 1 heterocycles. The van der Waals surface area contributed by atoms with E-state index in [-0.39, 0.29) is 13.2 Å².